The molecule has 204 valence electrons. The van der Waals surface area contributed by atoms with Crippen molar-refractivity contribution in [3.63, 3.8) is 0 Å². The summed E-state index contributed by atoms with van der Waals surface area (Å²) in [7, 11) is 0. The Morgan fingerprint density at radius 2 is 1.71 bits per heavy atom. The number of anilines is 2. The van der Waals surface area contributed by atoms with Gasteiger partial charge in [-0.05, 0) is 44.2 Å². The second-order valence-electron chi connectivity index (χ2n) is 9.36. The number of thiazole rings is 1. The highest BCUT2D eigenvalue weighted by Gasteiger charge is 2.35. The molecule has 11 heteroatoms. The SMILES string of the molecule is CCOC(=O)c1ccc(NC(=O)CN2C(=O)C(=c3sc4nc(-c5ccc(C)cc5)nn4c3=O)c3ccccc32)cc1. The van der Waals surface area contributed by atoms with Crippen LogP contribution in [-0.2, 0) is 14.3 Å². The third-order valence-corrected chi connectivity index (χ3v) is 7.63. The van der Waals surface area contributed by atoms with Crippen molar-refractivity contribution in [2.75, 3.05) is 23.4 Å². The molecule has 0 aliphatic carbocycles. The van der Waals surface area contributed by atoms with Gasteiger partial charge < -0.3 is 10.1 Å². The summed E-state index contributed by atoms with van der Waals surface area (Å²) in [5, 5.41) is 7.15. The summed E-state index contributed by atoms with van der Waals surface area (Å²) in [5.41, 5.74) is 3.57. The maximum Gasteiger partial charge on any atom is 0.338 e. The number of ether oxygens (including phenoxy) is 1. The average molecular weight is 566 g/mol. The van der Waals surface area contributed by atoms with E-state index in [-0.39, 0.29) is 23.3 Å². The van der Waals surface area contributed by atoms with Crippen molar-refractivity contribution >= 4 is 51.0 Å². The molecule has 3 heterocycles. The molecule has 6 rings (SSSR count). The van der Waals surface area contributed by atoms with Crippen LogP contribution in [0.2, 0.25) is 0 Å². The Kier molecular flexibility index (Phi) is 6.64. The van der Waals surface area contributed by atoms with Crippen molar-refractivity contribution in [3.05, 3.63) is 104 Å². The quantitative estimate of drug-likeness (QED) is 0.314. The molecule has 41 heavy (non-hydrogen) atoms. The van der Waals surface area contributed by atoms with E-state index in [0.29, 0.717) is 33.3 Å². The second kappa shape index (κ2) is 10.4. The molecule has 0 spiro atoms. The molecular weight excluding hydrogens is 542 g/mol. The van der Waals surface area contributed by atoms with Gasteiger partial charge >= 0.3 is 5.97 Å². The van der Waals surface area contributed by atoms with Gasteiger partial charge in [-0.15, -0.1) is 5.10 Å². The molecule has 2 amide bonds. The molecule has 3 aromatic carbocycles. The Labute approximate surface area is 237 Å². The molecule has 1 aliphatic heterocycles. The van der Waals surface area contributed by atoms with Crippen molar-refractivity contribution in [1.82, 2.24) is 14.6 Å². The van der Waals surface area contributed by atoms with Gasteiger partial charge in [-0.2, -0.15) is 9.50 Å². The fourth-order valence-corrected chi connectivity index (χ4v) is 5.61. The molecular formula is C30H23N5O5S. The number of aryl methyl sites for hydroxylation is 1. The number of carbonyl (C=O) groups is 3. The highest BCUT2D eigenvalue weighted by Crippen LogP contribution is 2.35. The van der Waals surface area contributed by atoms with Gasteiger partial charge in [0.2, 0.25) is 10.9 Å². The number of nitrogens with one attached hydrogen (secondary N) is 1. The van der Waals surface area contributed by atoms with E-state index in [4.69, 9.17) is 4.74 Å². The molecule has 1 aliphatic rings. The normalized spacial score (nSPS) is 13.9. The number of benzene rings is 3. The van der Waals surface area contributed by atoms with Gasteiger partial charge in [-0.3, -0.25) is 19.3 Å². The summed E-state index contributed by atoms with van der Waals surface area (Å²) in [6.07, 6.45) is 0. The van der Waals surface area contributed by atoms with E-state index < -0.39 is 23.3 Å². The van der Waals surface area contributed by atoms with Gasteiger partial charge in [0.15, 0.2) is 5.82 Å². The lowest BCUT2D eigenvalue weighted by atomic mass is 10.1. The van der Waals surface area contributed by atoms with Gasteiger partial charge in [0, 0.05) is 16.8 Å². The largest absolute Gasteiger partial charge is 0.462 e. The molecule has 0 saturated heterocycles. The lowest BCUT2D eigenvalue weighted by Gasteiger charge is -2.16. The van der Waals surface area contributed by atoms with Gasteiger partial charge in [-0.25, -0.2) is 4.79 Å². The number of carbonyl (C=O) groups excluding carboxylic acids is 3. The third-order valence-electron chi connectivity index (χ3n) is 6.60. The van der Waals surface area contributed by atoms with Gasteiger partial charge in [0.25, 0.3) is 11.5 Å². The van der Waals surface area contributed by atoms with E-state index in [9.17, 15) is 19.2 Å². The fourth-order valence-electron chi connectivity index (χ4n) is 4.61. The molecule has 0 fully saturated rings. The second-order valence-corrected chi connectivity index (χ2v) is 10.3. The zero-order valence-electron chi connectivity index (χ0n) is 22.1. The fraction of sp³-hybridized carbons (Fsp3) is 0.133. The maximum absolute atomic E-state index is 13.7. The predicted molar refractivity (Wildman–Crippen MR) is 155 cm³/mol. The first-order chi connectivity index (χ1) is 19.8. The Morgan fingerprint density at radius 3 is 2.41 bits per heavy atom. The minimum atomic E-state index is -0.459. The molecule has 0 bridgehead atoms. The first kappa shape index (κ1) is 26.1. The van der Waals surface area contributed by atoms with Crippen molar-refractivity contribution in [2.45, 2.75) is 13.8 Å². The van der Waals surface area contributed by atoms with Crippen LogP contribution in [-0.4, -0.2) is 45.5 Å². The van der Waals surface area contributed by atoms with E-state index in [1.54, 1.807) is 55.5 Å². The first-order valence-corrected chi connectivity index (χ1v) is 13.6. The van der Waals surface area contributed by atoms with Crippen LogP contribution in [0.4, 0.5) is 11.4 Å². The summed E-state index contributed by atoms with van der Waals surface area (Å²) < 4.78 is 6.41. The first-order valence-electron chi connectivity index (χ1n) is 12.8. The monoisotopic (exact) mass is 565 g/mol. The number of esters is 1. The Bertz CT molecular complexity index is 1940. The van der Waals surface area contributed by atoms with Crippen LogP contribution in [0.5, 0.6) is 0 Å². The molecule has 10 nitrogen and oxygen atoms in total. The van der Waals surface area contributed by atoms with Crippen LogP contribution in [0.15, 0.2) is 77.6 Å². The predicted octanol–water partition coefficient (Wildman–Crippen LogP) is 3.21. The van der Waals surface area contributed by atoms with Crippen molar-refractivity contribution in [2.24, 2.45) is 0 Å². The van der Waals surface area contributed by atoms with E-state index in [1.165, 1.54) is 9.42 Å². The van der Waals surface area contributed by atoms with Gasteiger partial charge in [-0.1, -0.05) is 59.4 Å². The molecule has 0 saturated carbocycles. The Hall–Kier alpha value is -5.16. The van der Waals surface area contributed by atoms with E-state index in [2.05, 4.69) is 15.4 Å². The summed E-state index contributed by atoms with van der Waals surface area (Å²) in [4.78, 5) is 58.2. The van der Waals surface area contributed by atoms with Crippen LogP contribution in [0.3, 0.4) is 0 Å². The van der Waals surface area contributed by atoms with Gasteiger partial charge in [0.05, 0.1) is 23.4 Å². The summed E-state index contributed by atoms with van der Waals surface area (Å²) >= 11 is 1.09. The van der Waals surface area contributed by atoms with Crippen molar-refractivity contribution in [1.29, 1.82) is 0 Å². The number of fused-ring (bicyclic) bond motifs is 2. The number of aromatic nitrogens is 3. The third kappa shape index (κ3) is 4.76. The number of hydrogen-bond acceptors (Lipinski definition) is 8. The topological polar surface area (TPSA) is 123 Å². The standard InChI is InChI=1S/C30H23N5O5S/c1-3-40-29(39)19-12-14-20(15-13-19)31-23(36)16-34-22-7-5-4-6-21(22)24(27(34)37)25-28(38)35-30(41-25)32-26(33-35)18-10-8-17(2)9-11-18/h4-15H,3,16H2,1-2H3,(H,31,36). The number of para-hydroxylation sites is 1. The maximum atomic E-state index is 13.7. The summed E-state index contributed by atoms with van der Waals surface area (Å²) in [5.74, 6) is -0.921. The summed E-state index contributed by atoms with van der Waals surface area (Å²) in [6, 6.07) is 21.0. The van der Waals surface area contributed by atoms with E-state index in [1.807, 2.05) is 31.2 Å². The van der Waals surface area contributed by atoms with Crippen LogP contribution in [0.1, 0.15) is 28.4 Å². The highest BCUT2D eigenvalue weighted by atomic mass is 32.1. The van der Waals surface area contributed by atoms with Crippen molar-refractivity contribution < 1.29 is 19.1 Å². The number of nitrogens with zero attached hydrogens (tertiary/aromatic N) is 4. The van der Waals surface area contributed by atoms with Crippen LogP contribution in [0.25, 0.3) is 21.9 Å². The van der Waals surface area contributed by atoms with Gasteiger partial charge in [0.1, 0.15) is 11.1 Å². The molecule has 0 unspecified atom stereocenters. The molecule has 0 radical (unpaired) electrons. The van der Waals surface area contributed by atoms with Crippen LogP contribution < -0.4 is 20.3 Å². The van der Waals surface area contributed by atoms with E-state index >= 15 is 0 Å². The van der Waals surface area contributed by atoms with E-state index in [0.717, 1.165) is 22.5 Å². The number of rotatable bonds is 6. The van der Waals surface area contributed by atoms with Crippen LogP contribution in [0, 0.1) is 6.92 Å². The lowest BCUT2D eigenvalue weighted by Crippen LogP contribution is -2.37. The minimum Gasteiger partial charge on any atom is -0.462 e. The smallest absolute Gasteiger partial charge is 0.338 e. The Balaban J connectivity index is 1.29. The zero-order chi connectivity index (χ0) is 28.7. The number of amides is 2. The highest BCUT2D eigenvalue weighted by molar-refractivity contribution is 7.15. The Morgan fingerprint density at radius 1 is 0.976 bits per heavy atom. The number of hydrogen-bond donors (Lipinski definition) is 1. The molecule has 1 N–H and O–H groups in total. The molecule has 0 atom stereocenters. The lowest BCUT2D eigenvalue weighted by molar-refractivity contribution is -0.118. The molecule has 2 aromatic heterocycles. The van der Waals surface area contributed by atoms with Crippen molar-refractivity contribution in [3.8, 4) is 11.4 Å². The minimum absolute atomic E-state index is 0.213. The average Bonchev–Trinajstić information content (AvgIpc) is 3.60. The zero-order valence-corrected chi connectivity index (χ0v) is 22.9. The van der Waals surface area contributed by atoms with Crippen LogP contribution >= 0.6 is 11.3 Å². The molecule has 5 aromatic rings. The summed E-state index contributed by atoms with van der Waals surface area (Å²) in [6.45, 7) is 3.70.